The van der Waals surface area contributed by atoms with E-state index >= 15 is 0 Å². The van der Waals surface area contributed by atoms with E-state index in [2.05, 4.69) is 11.8 Å². The Morgan fingerprint density at radius 3 is 2.35 bits per heavy atom. The van der Waals surface area contributed by atoms with Crippen LogP contribution in [-0.4, -0.2) is 18.5 Å². The molecule has 0 fully saturated rings. The van der Waals surface area contributed by atoms with Crippen molar-refractivity contribution in [1.82, 2.24) is 0 Å². The van der Waals surface area contributed by atoms with E-state index in [1.165, 1.54) is 6.92 Å². The summed E-state index contributed by atoms with van der Waals surface area (Å²) in [4.78, 5) is 22.7. The number of esters is 2. The first-order valence-corrected chi connectivity index (χ1v) is 8.20. The lowest BCUT2D eigenvalue weighted by Crippen LogP contribution is -2.08. The molecule has 0 aromatic heterocycles. The zero-order valence-corrected chi connectivity index (χ0v) is 14.7. The Morgan fingerprint density at radius 1 is 1.04 bits per heavy atom. The Hall–Kier alpha value is -3.26. The van der Waals surface area contributed by atoms with E-state index in [1.807, 2.05) is 30.3 Å². The molecule has 0 saturated heterocycles. The first-order valence-electron chi connectivity index (χ1n) is 8.20. The molecule has 0 aliphatic rings. The molecular formula is C21H20O5. The normalized spacial score (nSPS) is 10.8. The second-order valence-electron chi connectivity index (χ2n) is 5.32. The van der Waals surface area contributed by atoms with Crippen LogP contribution in [0.3, 0.4) is 0 Å². The molecule has 5 heteroatoms. The van der Waals surface area contributed by atoms with Gasteiger partial charge < -0.3 is 14.2 Å². The Morgan fingerprint density at radius 2 is 1.73 bits per heavy atom. The van der Waals surface area contributed by atoms with Gasteiger partial charge in [0.15, 0.2) is 6.10 Å². The fourth-order valence-corrected chi connectivity index (χ4v) is 2.12. The van der Waals surface area contributed by atoms with Crippen molar-refractivity contribution in [1.29, 1.82) is 0 Å². The van der Waals surface area contributed by atoms with Crippen LogP contribution in [0.1, 0.15) is 31.1 Å². The molecule has 0 aliphatic carbocycles. The first kappa shape index (κ1) is 19.1. The predicted octanol–water partition coefficient (Wildman–Crippen LogP) is 3.44. The van der Waals surface area contributed by atoms with Crippen LogP contribution in [0.4, 0.5) is 0 Å². The van der Waals surface area contributed by atoms with Gasteiger partial charge in [0.05, 0.1) is 6.61 Å². The van der Waals surface area contributed by atoms with Gasteiger partial charge in [-0.15, -0.1) is 0 Å². The Kier molecular flexibility index (Phi) is 7.26. The second-order valence-corrected chi connectivity index (χ2v) is 5.32. The summed E-state index contributed by atoms with van der Waals surface area (Å²) in [7, 11) is 0. The third kappa shape index (κ3) is 6.33. The summed E-state index contributed by atoms with van der Waals surface area (Å²) in [6, 6.07) is 16.8. The molecule has 5 nitrogen and oxygen atoms in total. The van der Waals surface area contributed by atoms with Gasteiger partial charge in [-0.2, -0.15) is 0 Å². The van der Waals surface area contributed by atoms with Crippen molar-refractivity contribution in [2.45, 2.75) is 26.6 Å². The predicted molar refractivity (Wildman–Crippen MR) is 96.1 cm³/mol. The largest absolute Gasteiger partial charge is 0.489 e. The molecule has 1 unspecified atom stereocenters. The zero-order chi connectivity index (χ0) is 18.8. The molecule has 0 saturated carbocycles. The van der Waals surface area contributed by atoms with Crippen molar-refractivity contribution in [2.24, 2.45) is 0 Å². The summed E-state index contributed by atoms with van der Waals surface area (Å²) in [5.41, 5.74) is 1.71. The second kappa shape index (κ2) is 9.90. The van der Waals surface area contributed by atoms with Crippen LogP contribution in [0, 0.1) is 11.8 Å². The van der Waals surface area contributed by atoms with Gasteiger partial charge in [-0.3, -0.25) is 4.79 Å². The Balaban J connectivity index is 2.06. The standard InChI is InChI=1S/C21H20O5/c1-3-24-21(23)14-13-20(26-16(2)22)18-9-11-19(12-10-18)25-15-17-7-5-4-6-8-17/h4-12,20H,3,15H2,1-2H3. The Bertz CT molecular complexity index is 785. The minimum absolute atomic E-state index is 0.235. The highest BCUT2D eigenvalue weighted by Crippen LogP contribution is 2.21. The quantitative estimate of drug-likeness (QED) is 0.453. The average molecular weight is 352 g/mol. The molecule has 0 radical (unpaired) electrons. The van der Waals surface area contributed by atoms with Gasteiger partial charge in [0, 0.05) is 18.4 Å². The minimum Gasteiger partial charge on any atom is -0.489 e. The lowest BCUT2D eigenvalue weighted by atomic mass is 10.1. The fraction of sp³-hybridized carbons (Fsp3) is 0.238. The number of benzene rings is 2. The summed E-state index contributed by atoms with van der Waals surface area (Å²) >= 11 is 0. The van der Waals surface area contributed by atoms with Crippen LogP contribution < -0.4 is 4.74 Å². The lowest BCUT2D eigenvalue weighted by Gasteiger charge is -2.12. The number of hydrogen-bond acceptors (Lipinski definition) is 5. The highest BCUT2D eigenvalue weighted by molar-refractivity contribution is 5.88. The molecule has 0 spiro atoms. The minimum atomic E-state index is -0.847. The maximum atomic E-state index is 11.4. The number of ether oxygens (including phenoxy) is 3. The number of carbonyl (C=O) groups is 2. The molecule has 26 heavy (non-hydrogen) atoms. The fourth-order valence-electron chi connectivity index (χ4n) is 2.12. The average Bonchev–Trinajstić information content (AvgIpc) is 2.65. The molecule has 2 aromatic carbocycles. The third-order valence-electron chi connectivity index (χ3n) is 3.30. The first-order chi connectivity index (χ1) is 12.6. The molecule has 0 bridgehead atoms. The van der Waals surface area contributed by atoms with E-state index in [0.29, 0.717) is 17.9 Å². The van der Waals surface area contributed by atoms with Crippen LogP contribution in [0.25, 0.3) is 0 Å². The van der Waals surface area contributed by atoms with E-state index < -0.39 is 18.0 Å². The zero-order valence-electron chi connectivity index (χ0n) is 14.7. The van der Waals surface area contributed by atoms with E-state index in [9.17, 15) is 9.59 Å². The van der Waals surface area contributed by atoms with Gasteiger partial charge in [-0.1, -0.05) is 42.5 Å². The van der Waals surface area contributed by atoms with Gasteiger partial charge in [0.1, 0.15) is 12.4 Å². The van der Waals surface area contributed by atoms with Crippen molar-refractivity contribution >= 4 is 11.9 Å². The molecule has 1 atom stereocenters. The molecule has 2 aromatic rings. The summed E-state index contributed by atoms with van der Waals surface area (Å²) in [5.74, 6) is 4.48. The molecule has 134 valence electrons. The third-order valence-corrected chi connectivity index (χ3v) is 3.30. The van der Waals surface area contributed by atoms with Crippen molar-refractivity contribution < 1.29 is 23.8 Å². The maximum absolute atomic E-state index is 11.4. The van der Waals surface area contributed by atoms with E-state index in [-0.39, 0.29) is 6.61 Å². The van der Waals surface area contributed by atoms with Crippen LogP contribution in [-0.2, 0) is 25.7 Å². The molecule has 2 rings (SSSR count). The van der Waals surface area contributed by atoms with E-state index in [4.69, 9.17) is 14.2 Å². The van der Waals surface area contributed by atoms with Crippen molar-refractivity contribution in [3.05, 3.63) is 65.7 Å². The summed E-state index contributed by atoms with van der Waals surface area (Å²) < 4.78 is 15.6. The molecule has 0 amide bonds. The van der Waals surface area contributed by atoms with Gasteiger partial charge in [-0.25, -0.2) is 4.79 Å². The van der Waals surface area contributed by atoms with Gasteiger partial charge in [-0.05, 0) is 30.5 Å². The highest BCUT2D eigenvalue weighted by atomic mass is 16.5. The topological polar surface area (TPSA) is 61.8 Å². The monoisotopic (exact) mass is 352 g/mol. The molecule has 0 aliphatic heterocycles. The van der Waals surface area contributed by atoms with Crippen LogP contribution in [0.15, 0.2) is 54.6 Å². The smallest absolute Gasteiger partial charge is 0.384 e. The summed E-state index contributed by atoms with van der Waals surface area (Å²) in [6.07, 6.45) is -0.847. The Labute approximate surface area is 152 Å². The summed E-state index contributed by atoms with van der Waals surface area (Å²) in [6.45, 7) is 3.67. The number of carbonyl (C=O) groups excluding carboxylic acids is 2. The molecular weight excluding hydrogens is 332 g/mol. The highest BCUT2D eigenvalue weighted by Gasteiger charge is 2.12. The van der Waals surface area contributed by atoms with Crippen molar-refractivity contribution in [3.8, 4) is 17.6 Å². The number of rotatable bonds is 6. The summed E-state index contributed by atoms with van der Waals surface area (Å²) in [5, 5.41) is 0. The molecule has 0 heterocycles. The van der Waals surface area contributed by atoms with Crippen LogP contribution in [0.2, 0.25) is 0 Å². The van der Waals surface area contributed by atoms with Gasteiger partial charge in [0.25, 0.3) is 0 Å². The van der Waals surface area contributed by atoms with E-state index in [1.54, 1.807) is 31.2 Å². The number of hydrogen-bond donors (Lipinski definition) is 0. The van der Waals surface area contributed by atoms with Crippen molar-refractivity contribution in [3.63, 3.8) is 0 Å². The maximum Gasteiger partial charge on any atom is 0.384 e. The SMILES string of the molecule is CCOC(=O)C#CC(OC(C)=O)c1ccc(OCc2ccccc2)cc1. The van der Waals surface area contributed by atoms with E-state index in [0.717, 1.165) is 5.56 Å². The van der Waals surface area contributed by atoms with Crippen LogP contribution >= 0.6 is 0 Å². The van der Waals surface area contributed by atoms with Gasteiger partial charge >= 0.3 is 11.9 Å². The van der Waals surface area contributed by atoms with Crippen molar-refractivity contribution in [2.75, 3.05) is 6.61 Å². The lowest BCUT2D eigenvalue weighted by molar-refractivity contribution is -0.144. The van der Waals surface area contributed by atoms with Gasteiger partial charge in [0.2, 0.25) is 0 Å². The molecule has 0 N–H and O–H groups in total. The van der Waals surface area contributed by atoms with Crippen LogP contribution in [0.5, 0.6) is 5.75 Å².